The van der Waals surface area contributed by atoms with Crippen LogP contribution in [-0.2, 0) is 0 Å². The fourth-order valence-electron chi connectivity index (χ4n) is 1.39. The Hall–Kier alpha value is -1.09. The minimum atomic E-state index is -0.418. The van der Waals surface area contributed by atoms with Gasteiger partial charge >= 0.3 is 0 Å². The van der Waals surface area contributed by atoms with Gasteiger partial charge in [-0.2, -0.15) is 0 Å². The Morgan fingerprint density at radius 3 is 2.67 bits per heavy atom. The van der Waals surface area contributed by atoms with Crippen molar-refractivity contribution in [2.45, 2.75) is 32.8 Å². The highest BCUT2D eigenvalue weighted by atomic mass is 16.5. The van der Waals surface area contributed by atoms with E-state index in [1.165, 1.54) is 0 Å². The van der Waals surface area contributed by atoms with Crippen molar-refractivity contribution in [2.24, 2.45) is 5.92 Å². The fraction of sp³-hybridized carbons (Fsp3) is 0.583. The number of methoxy groups -OCH3 is 1. The molecule has 0 spiro atoms. The molecule has 84 valence electrons. The minimum Gasteiger partial charge on any atom is -0.481 e. The van der Waals surface area contributed by atoms with Crippen molar-refractivity contribution in [3.8, 4) is 5.88 Å². The van der Waals surface area contributed by atoms with Gasteiger partial charge in [0, 0.05) is 12.3 Å². The van der Waals surface area contributed by atoms with Crippen molar-refractivity contribution in [1.29, 1.82) is 0 Å². The average molecular weight is 209 g/mol. The summed E-state index contributed by atoms with van der Waals surface area (Å²) in [6, 6.07) is 3.63. The van der Waals surface area contributed by atoms with E-state index in [1.807, 2.05) is 6.07 Å². The van der Waals surface area contributed by atoms with E-state index in [0.717, 1.165) is 18.4 Å². The maximum Gasteiger partial charge on any atom is 0.212 e. The van der Waals surface area contributed by atoms with Gasteiger partial charge in [-0.1, -0.05) is 20.3 Å². The zero-order valence-electron chi connectivity index (χ0n) is 9.60. The number of ether oxygens (including phenoxy) is 1. The summed E-state index contributed by atoms with van der Waals surface area (Å²) in [5, 5.41) is 9.90. The van der Waals surface area contributed by atoms with Crippen LogP contribution in [0.15, 0.2) is 18.3 Å². The predicted molar refractivity (Wildman–Crippen MR) is 59.8 cm³/mol. The lowest BCUT2D eigenvalue weighted by Gasteiger charge is -2.14. The molecule has 0 saturated heterocycles. The molecule has 0 amide bonds. The monoisotopic (exact) mass is 209 g/mol. The molecule has 2 atom stereocenters. The zero-order valence-corrected chi connectivity index (χ0v) is 9.60. The Balaban J connectivity index is 2.61. The van der Waals surface area contributed by atoms with Crippen LogP contribution in [-0.4, -0.2) is 17.2 Å². The molecule has 0 aliphatic rings. The molecule has 3 heteroatoms. The summed E-state index contributed by atoms with van der Waals surface area (Å²) < 4.78 is 4.96. The lowest BCUT2D eigenvalue weighted by atomic mass is 9.97. The maximum atomic E-state index is 9.90. The molecular weight excluding hydrogens is 190 g/mol. The van der Waals surface area contributed by atoms with Gasteiger partial charge in [0.1, 0.15) is 0 Å². The first-order chi connectivity index (χ1) is 7.17. The lowest BCUT2D eigenvalue weighted by Crippen LogP contribution is -2.04. The second kappa shape index (κ2) is 5.71. The van der Waals surface area contributed by atoms with E-state index in [4.69, 9.17) is 4.74 Å². The van der Waals surface area contributed by atoms with Crippen molar-refractivity contribution in [3.05, 3.63) is 23.9 Å². The van der Waals surface area contributed by atoms with Crippen molar-refractivity contribution in [1.82, 2.24) is 4.98 Å². The molecule has 3 nitrogen and oxygen atoms in total. The third kappa shape index (κ3) is 3.51. The van der Waals surface area contributed by atoms with E-state index in [0.29, 0.717) is 11.8 Å². The number of aliphatic hydroxyl groups is 1. The molecule has 0 aliphatic heterocycles. The van der Waals surface area contributed by atoms with E-state index in [2.05, 4.69) is 18.8 Å². The Bertz CT molecular complexity index is 284. The first-order valence-corrected chi connectivity index (χ1v) is 5.35. The van der Waals surface area contributed by atoms with Crippen LogP contribution in [0.1, 0.15) is 38.4 Å². The van der Waals surface area contributed by atoms with Gasteiger partial charge in [-0.05, 0) is 24.0 Å². The summed E-state index contributed by atoms with van der Waals surface area (Å²) in [7, 11) is 1.58. The van der Waals surface area contributed by atoms with Gasteiger partial charge in [-0.3, -0.25) is 0 Å². The standard InChI is InChI=1S/C12H19NO2/c1-4-9(2)7-11(14)10-5-6-12(15-3)13-8-10/h5-6,8-9,11,14H,4,7H2,1-3H3. The highest BCUT2D eigenvalue weighted by molar-refractivity contribution is 5.19. The van der Waals surface area contributed by atoms with Crippen molar-refractivity contribution < 1.29 is 9.84 Å². The molecule has 1 aromatic rings. The lowest BCUT2D eigenvalue weighted by molar-refractivity contribution is 0.146. The van der Waals surface area contributed by atoms with E-state index >= 15 is 0 Å². The number of aromatic nitrogens is 1. The number of pyridine rings is 1. The second-order valence-electron chi connectivity index (χ2n) is 3.90. The highest BCUT2D eigenvalue weighted by Crippen LogP contribution is 2.23. The van der Waals surface area contributed by atoms with Crippen LogP contribution in [0.3, 0.4) is 0 Å². The summed E-state index contributed by atoms with van der Waals surface area (Å²) in [5.74, 6) is 1.11. The van der Waals surface area contributed by atoms with Gasteiger partial charge in [-0.25, -0.2) is 4.98 Å². The molecule has 0 saturated carbocycles. The Labute approximate surface area is 91.1 Å². The molecule has 1 heterocycles. The molecule has 1 rings (SSSR count). The van der Waals surface area contributed by atoms with Crippen LogP contribution >= 0.6 is 0 Å². The third-order valence-electron chi connectivity index (χ3n) is 2.68. The average Bonchev–Trinajstić information content (AvgIpc) is 2.29. The molecule has 0 aromatic carbocycles. The summed E-state index contributed by atoms with van der Waals surface area (Å²) in [6.07, 6.45) is 3.12. The first kappa shape index (κ1) is 12.0. The normalized spacial score (nSPS) is 14.7. The van der Waals surface area contributed by atoms with Crippen LogP contribution in [0.5, 0.6) is 5.88 Å². The molecule has 1 N–H and O–H groups in total. The largest absolute Gasteiger partial charge is 0.481 e. The third-order valence-corrected chi connectivity index (χ3v) is 2.68. The summed E-state index contributed by atoms with van der Waals surface area (Å²) in [4.78, 5) is 4.07. The Morgan fingerprint density at radius 2 is 2.20 bits per heavy atom. The van der Waals surface area contributed by atoms with E-state index < -0.39 is 6.10 Å². The fourth-order valence-corrected chi connectivity index (χ4v) is 1.39. The van der Waals surface area contributed by atoms with Gasteiger partial charge in [0.25, 0.3) is 0 Å². The van der Waals surface area contributed by atoms with Gasteiger partial charge in [0.15, 0.2) is 0 Å². The van der Waals surface area contributed by atoms with E-state index in [-0.39, 0.29) is 0 Å². The predicted octanol–water partition coefficient (Wildman–Crippen LogP) is 2.56. The van der Waals surface area contributed by atoms with Crippen LogP contribution in [0.25, 0.3) is 0 Å². The number of aliphatic hydroxyl groups excluding tert-OH is 1. The van der Waals surface area contributed by atoms with Crippen molar-refractivity contribution in [3.63, 3.8) is 0 Å². The molecule has 2 unspecified atom stereocenters. The number of nitrogens with zero attached hydrogens (tertiary/aromatic N) is 1. The molecule has 0 radical (unpaired) electrons. The quantitative estimate of drug-likeness (QED) is 0.810. The summed E-state index contributed by atoms with van der Waals surface area (Å²) in [5.41, 5.74) is 0.858. The van der Waals surface area contributed by atoms with Gasteiger partial charge < -0.3 is 9.84 Å². The Morgan fingerprint density at radius 1 is 1.47 bits per heavy atom. The second-order valence-corrected chi connectivity index (χ2v) is 3.90. The van der Waals surface area contributed by atoms with Gasteiger partial charge in [0.2, 0.25) is 5.88 Å². The van der Waals surface area contributed by atoms with Crippen molar-refractivity contribution >= 4 is 0 Å². The van der Waals surface area contributed by atoms with Crippen LogP contribution in [0.2, 0.25) is 0 Å². The smallest absolute Gasteiger partial charge is 0.212 e. The van der Waals surface area contributed by atoms with Gasteiger partial charge in [-0.15, -0.1) is 0 Å². The van der Waals surface area contributed by atoms with Crippen LogP contribution in [0, 0.1) is 5.92 Å². The van der Waals surface area contributed by atoms with Crippen molar-refractivity contribution in [2.75, 3.05) is 7.11 Å². The molecule has 0 aliphatic carbocycles. The summed E-state index contributed by atoms with van der Waals surface area (Å²) >= 11 is 0. The summed E-state index contributed by atoms with van der Waals surface area (Å²) in [6.45, 7) is 4.27. The molecule has 0 fully saturated rings. The molecule has 15 heavy (non-hydrogen) atoms. The van der Waals surface area contributed by atoms with E-state index in [9.17, 15) is 5.11 Å². The zero-order chi connectivity index (χ0) is 11.3. The molecular formula is C12H19NO2. The SMILES string of the molecule is CCC(C)CC(O)c1ccc(OC)nc1. The minimum absolute atomic E-state index is 0.418. The topological polar surface area (TPSA) is 42.4 Å². The molecule has 0 bridgehead atoms. The first-order valence-electron chi connectivity index (χ1n) is 5.35. The number of hydrogen-bond acceptors (Lipinski definition) is 3. The Kier molecular flexibility index (Phi) is 4.56. The molecule has 1 aromatic heterocycles. The van der Waals surface area contributed by atoms with E-state index in [1.54, 1.807) is 19.4 Å². The van der Waals surface area contributed by atoms with Crippen LogP contribution in [0.4, 0.5) is 0 Å². The number of rotatable bonds is 5. The van der Waals surface area contributed by atoms with Crippen LogP contribution < -0.4 is 4.74 Å². The van der Waals surface area contributed by atoms with Gasteiger partial charge in [0.05, 0.1) is 13.2 Å². The maximum absolute atomic E-state index is 9.90. The highest BCUT2D eigenvalue weighted by Gasteiger charge is 2.11. The number of hydrogen-bond donors (Lipinski definition) is 1.